The average molecular weight is 205 g/mol. The maximum absolute atomic E-state index is 9.03. The molecule has 0 saturated carbocycles. The summed E-state index contributed by atoms with van der Waals surface area (Å²) in [5.74, 6) is 1.47. The van der Waals surface area contributed by atoms with Gasteiger partial charge < -0.3 is 10.2 Å². The first kappa shape index (κ1) is 13.3. The summed E-state index contributed by atoms with van der Waals surface area (Å²) in [6.07, 6.45) is 8.93. The Balaban J connectivity index is 3.25. The molecule has 0 aromatic rings. The largest absolute Gasteiger partial charge is 0.396 e. The Bertz CT molecular complexity index is 98.9. The van der Waals surface area contributed by atoms with E-state index in [9.17, 15) is 0 Å². The van der Waals surface area contributed by atoms with Crippen LogP contribution in [0.25, 0.3) is 0 Å². The van der Waals surface area contributed by atoms with Crippen molar-refractivity contribution in [3.05, 3.63) is 6.26 Å². The van der Waals surface area contributed by atoms with E-state index in [1.165, 1.54) is 0 Å². The molecule has 0 unspecified atom stereocenters. The Morgan fingerprint density at radius 3 is 2.38 bits per heavy atom. The zero-order chi connectivity index (χ0) is 9.94. The van der Waals surface area contributed by atoms with E-state index in [4.69, 9.17) is 10.2 Å². The fourth-order valence-electron chi connectivity index (χ4n) is 1.30. The summed E-state index contributed by atoms with van der Waals surface area (Å²) in [7, 11) is 0. The number of aliphatic hydroxyl groups is 2. The first-order chi connectivity index (χ1) is 6.35. The summed E-state index contributed by atoms with van der Waals surface area (Å²) < 4.78 is 0. The second kappa shape index (κ2) is 10.4. The number of thioether (sulfide) groups is 1. The molecule has 1 atom stereocenters. The quantitative estimate of drug-likeness (QED) is 0.566. The maximum Gasteiger partial charge on any atom is 0.0459 e. The maximum atomic E-state index is 9.03. The summed E-state index contributed by atoms with van der Waals surface area (Å²) >= 11 is 1.59. The molecule has 2 N–H and O–H groups in total. The Morgan fingerprint density at radius 2 is 1.85 bits per heavy atom. The van der Waals surface area contributed by atoms with Gasteiger partial charge in [0.25, 0.3) is 0 Å². The lowest BCUT2D eigenvalue weighted by Gasteiger charge is -2.12. The van der Waals surface area contributed by atoms with Crippen molar-refractivity contribution >= 4 is 11.8 Å². The highest BCUT2D eigenvalue weighted by Gasteiger charge is 2.05. The Morgan fingerprint density at radius 1 is 1.08 bits per heavy atom. The molecule has 1 radical (unpaired) electrons. The van der Waals surface area contributed by atoms with Crippen LogP contribution in [0.5, 0.6) is 0 Å². The second-order valence-electron chi connectivity index (χ2n) is 3.32. The van der Waals surface area contributed by atoms with E-state index in [1.54, 1.807) is 11.8 Å². The van der Waals surface area contributed by atoms with E-state index in [2.05, 4.69) is 6.26 Å². The van der Waals surface area contributed by atoms with Crippen LogP contribution in [0.2, 0.25) is 0 Å². The van der Waals surface area contributed by atoms with Crippen molar-refractivity contribution in [2.75, 3.05) is 19.0 Å². The van der Waals surface area contributed by atoms with Gasteiger partial charge in [-0.05, 0) is 30.9 Å². The molecule has 13 heavy (non-hydrogen) atoms. The molecule has 79 valence electrons. The first-order valence-corrected chi connectivity index (χ1v) is 6.09. The molecule has 0 spiro atoms. The van der Waals surface area contributed by atoms with Gasteiger partial charge in [0.1, 0.15) is 0 Å². The third kappa shape index (κ3) is 8.60. The topological polar surface area (TPSA) is 40.5 Å². The molecule has 0 aliphatic heterocycles. The van der Waals surface area contributed by atoms with Crippen molar-refractivity contribution < 1.29 is 10.2 Å². The highest BCUT2D eigenvalue weighted by molar-refractivity contribution is 8.00. The third-order valence-electron chi connectivity index (χ3n) is 2.20. The van der Waals surface area contributed by atoms with Gasteiger partial charge in [0.2, 0.25) is 0 Å². The lowest BCUT2D eigenvalue weighted by Crippen LogP contribution is -2.07. The summed E-state index contributed by atoms with van der Waals surface area (Å²) in [4.78, 5) is 0. The minimum absolute atomic E-state index is 0.290. The molecule has 0 rings (SSSR count). The van der Waals surface area contributed by atoms with Gasteiger partial charge >= 0.3 is 0 Å². The Hall–Kier alpha value is 0.270. The molecule has 0 aromatic carbocycles. The monoisotopic (exact) mass is 205 g/mol. The van der Waals surface area contributed by atoms with Crippen molar-refractivity contribution in [3.63, 3.8) is 0 Å². The van der Waals surface area contributed by atoms with Gasteiger partial charge in [0.05, 0.1) is 0 Å². The van der Waals surface area contributed by atoms with Crippen molar-refractivity contribution in [1.29, 1.82) is 0 Å². The molecule has 2 nitrogen and oxygen atoms in total. The van der Waals surface area contributed by atoms with Crippen LogP contribution < -0.4 is 0 Å². The van der Waals surface area contributed by atoms with E-state index in [1.807, 2.05) is 0 Å². The minimum atomic E-state index is 0.290. The fourth-order valence-corrected chi connectivity index (χ4v) is 1.80. The van der Waals surface area contributed by atoms with Crippen LogP contribution >= 0.6 is 11.8 Å². The number of hydrogen-bond acceptors (Lipinski definition) is 3. The van der Waals surface area contributed by atoms with Crippen molar-refractivity contribution in [3.8, 4) is 0 Å². The standard InChI is InChI=1S/C10H21O2S/c1-13-8-6-10(9-12)5-3-2-4-7-11/h10-12H,1-9H2/t10-/m0/s1. The van der Waals surface area contributed by atoms with Gasteiger partial charge in [-0.15, -0.1) is 0 Å². The molecule has 0 bridgehead atoms. The van der Waals surface area contributed by atoms with E-state index >= 15 is 0 Å². The number of aliphatic hydroxyl groups excluding tert-OH is 2. The van der Waals surface area contributed by atoms with Crippen LogP contribution in [-0.2, 0) is 0 Å². The van der Waals surface area contributed by atoms with Crippen LogP contribution in [0.15, 0.2) is 0 Å². The Labute approximate surface area is 85.7 Å². The van der Waals surface area contributed by atoms with Crippen molar-refractivity contribution in [1.82, 2.24) is 0 Å². The number of hydrogen-bond donors (Lipinski definition) is 2. The summed E-state index contributed by atoms with van der Waals surface area (Å²) in [5.41, 5.74) is 0. The normalized spacial score (nSPS) is 13.2. The molecule has 0 amide bonds. The molecule has 3 heteroatoms. The predicted molar refractivity (Wildman–Crippen MR) is 58.6 cm³/mol. The Kier molecular flexibility index (Phi) is 10.6. The van der Waals surface area contributed by atoms with Gasteiger partial charge in [-0.1, -0.05) is 12.8 Å². The van der Waals surface area contributed by atoms with Gasteiger partial charge in [0, 0.05) is 19.5 Å². The van der Waals surface area contributed by atoms with Gasteiger partial charge in [0.15, 0.2) is 0 Å². The molecular weight excluding hydrogens is 184 g/mol. The third-order valence-corrected chi connectivity index (χ3v) is 2.72. The molecule has 0 aliphatic carbocycles. The molecule has 0 heterocycles. The summed E-state index contributed by atoms with van der Waals surface area (Å²) in [6, 6.07) is 0. The average Bonchev–Trinajstić information content (AvgIpc) is 2.17. The van der Waals surface area contributed by atoms with E-state index in [-0.39, 0.29) is 0 Å². The van der Waals surface area contributed by atoms with Crippen molar-refractivity contribution in [2.45, 2.75) is 32.1 Å². The molecule has 0 aliphatic rings. The summed E-state index contributed by atoms with van der Waals surface area (Å²) in [5, 5.41) is 17.6. The van der Waals surface area contributed by atoms with E-state index in [0.717, 1.165) is 37.9 Å². The van der Waals surface area contributed by atoms with Gasteiger partial charge in [-0.2, -0.15) is 11.8 Å². The van der Waals surface area contributed by atoms with Gasteiger partial charge in [-0.25, -0.2) is 0 Å². The van der Waals surface area contributed by atoms with Gasteiger partial charge in [-0.3, -0.25) is 0 Å². The molecule has 0 aromatic heterocycles. The highest BCUT2D eigenvalue weighted by Crippen LogP contribution is 2.15. The van der Waals surface area contributed by atoms with Crippen LogP contribution in [0.4, 0.5) is 0 Å². The minimum Gasteiger partial charge on any atom is -0.396 e. The van der Waals surface area contributed by atoms with E-state index < -0.39 is 0 Å². The zero-order valence-corrected chi connectivity index (χ0v) is 9.06. The highest BCUT2D eigenvalue weighted by atomic mass is 32.2. The fraction of sp³-hybridized carbons (Fsp3) is 0.900. The molecular formula is C10H21O2S. The van der Waals surface area contributed by atoms with E-state index in [0.29, 0.717) is 19.1 Å². The first-order valence-electron chi connectivity index (χ1n) is 4.93. The van der Waals surface area contributed by atoms with Crippen molar-refractivity contribution in [2.24, 2.45) is 5.92 Å². The second-order valence-corrected chi connectivity index (χ2v) is 4.13. The van der Waals surface area contributed by atoms with Crippen LogP contribution in [0, 0.1) is 12.2 Å². The van der Waals surface area contributed by atoms with Crippen LogP contribution in [-0.4, -0.2) is 29.2 Å². The number of rotatable bonds is 9. The molecule has 0 saturated heterocycles. The number of unbranched alkanes of at least 4 members (excludes halogenated alkanes) is 2. The lowest BCUT2D eigenvalue weighted by atomic mass is 10.00. The smallest absolute Gasteiger partial charge is 0.0459 e. The summed E-state index contributed by atoms with van der Waals surface area (Å²) in [6.45, 7) is 0.582. The lowest BCUT2D eigenvalue weighted by molar-refractivity contribution is 0.210. The predicted octanol–water partition coefficient (Wildman–Crippen LogP) is 2.06. The zero-order valence-electron chi connectivity index (χ0n) is 8.24. The SMILES string of the molecule is [CH2]SCC[C@@H](CO)CCCCCO. The van der Waals surface area contributed by atoms with Crippen LogP contribution in [0.3, 0.4) is 0 Å². The molecule has 0 fully saturated rings. The van der Waals surface area contributed by atoms with Crippen LogP contribution in [0.1, 0.15) is 32.1 Å².